The van der Waals surface area contributed by atoms with Gasteiger partial charge in [0.15, 0.2) is 0 Å². The number of allylic oxidation sites excluding steroid dienone is 1. The maximum Gasteiger partial charge on any atom is 0.307 e. The largest absolute Gasteiger partial charge is 0.384 e. The summed E-state index contributed by atoms with van der Waals surface area (Å²) in [6.07, 6.45) is 4.41. The highest BCUT2D eigenvalue weighted by Crippen LogP contribution is 2.18. The van der Waals surface area contributed by atoms with Gasteiger partial charge in [0.1, 0.15) is 0 Å². The van der Waals surface area contributed by atoms with E-state index in [1.54, 1.807) is 13.1 Å². The second-order valence-corrected chi connectivity index (χ2v) is 6.63. The molecule has 7 nitrogen and oxygen atoms in total. The number of nitrogens with one attached hydrogen (secondary N) is 3. The van der Waals surface area contributed by atoms with Crippen LogP contribution in [0.2, 0.25) is 0 Å². The Hall–Kier alpha value is -2.83. The van der Waals surface area contributed by atoms with Gasteiger partial charge in [0.05, 0.1) is 5.70 Å². The molecule has 7 heteroatoms. The van der Waals surface area contributed by atoms with E-state index in [1.807, 2.05) is 51.1 Å². The number of benzene rings is 1. The summed E-state index contributed by atoms with van der Waals surface area (Å²) in [4.78, 5) is 37.3. The SMILES string of the molecule is CCCC=C(NC)C(=O)N(NC(=O)CCC)NC(=O)CC(C)c1ccccc1. The lowest BCUT2D eigenvalue weighted by molar-refractivity contribution is -0.148. The van der Waals surface area contributed by atoms with Crippen LogP contribution in [0.25, 0.3) is 0 Å². The molecule has 0 radical (unpaired) electrons. The van der Waals surface area contributed by atoms with E-state index in [0.717, 1.165) is 17.1 Å². The van der Waals surface area contributed by atoms with Crippen molar-refractivity contribution in [2.45, 2.75) is 58.8 Å². The Morgan fingerprint density at radius 1 is 1.04 bits per heavy atom. The lowest BCUT2D eigenvalue weighted by Crippen LogP contribution is -2.57. The lowest BCUT2D eigenvalue weighted by Gasteiger charge is -2.25. The predicted octanol–water partition coefficient (Wildman–Crippen LogP) is 2.77. The first-order valence-electron chi connectivity index (χ1n) is 9.79. The maximum absolute atomic E-state index is 12.8. The van der Waals surface area contributed by atoms with Gasteiger partial charge in [-0.2, -0.15) is 5.12 Å². The molecule has 0 aliphatic carbocycles. The molecule has 0 aromatic heterocycles. The highest BCUT2D eigenvalue weighted by molar-refractivity contribution is 5.95. The highest BCUT2D eigenvalue weighted by atomic mass is 16.2. The Kier molecular flexibility index (Phi) is 10.4. The van der Waals surface area contributed by atoms with Crippen LogP contribution in [0.5, 0.6) is 0 Å². The van der Waals surface area contributed by atoms with Crippen molar-refractivity contribution in [1.82, 2.24) is 21.3 Å². The molecule has 0 saturated heterocycles. The summed E-state index contributed by atoms with van der Waals surface area (Å²) in [6.45, 7) is 5.81. The van der Waals surface area contributed by atoms with Gasteiger partial charge in [0, 0.05) is 19.9 Å². The fraction of sp³-hybridized carbons (Fsp3) is 0.476. The van der Waals surface area contributed by atoms with Crippen LogP contribution in [0.1, 0.15) is 64.4 Å². The number of nitrogens with zero attached hydrogens (tertiary/aromatic N) is 1. The molecule has 154 valence electrons. The monoisotopic (exact) mass is 388 g/mol. The Balaban J connectivity index is 2.87. The van der Waals surface area contributed by atoms with Crippen molar-refractivity contribution in [3.05, 3.63) is 47.7 Å². The van der Waals surface area contributed by atoms with Crippen LogP contribution >= 0.6 is 0 Å². The molecule has 1 unspecified atom stereocenters. The summed E-state index contributed by atoms with van der Waals surface area (Å²) in [5.74, 6) is -1.23. The van der Waals surface area contributed by atoms with Gasteiger partial charge in [-0.25, -0.2) is 10.9 Å². The number of hydrogen-bond acceptors (Lipinski definition) is 4. The first-order chi connectivity index (χ1) is 13.4. The number of hydrazine groups is 2. The van der Waals surface area contributed by atoms with Crippen molar-refractivity contribution in [2.24, 2.45) is 0 Å². The molecule has 1 aromatic rings. The minimum atomic E-state index is -0.513. The van der Waals surface area contributed by atoms with Crippen molar-refractivity contribution in [3.8, 4) is 0 Å². The number of carbonyl (C=O) groups is 3. The molecular formula is C21H32N4O3. The van der Waals surface area contributed by atoms with Gasteiger partial charge in [-0.15, -0.1) is 0 Å². The van der Waals surface area contributed by atoms with Crippen LogP contribution < -0.4 is 16.2 Å². The quantitative estimate of drug-likeness (QED) is 0.448. The van der Waals surface area contributed by atoms with Crippen molar-refractivity contribution in [1.29, 1.82) is 0 Å². The predicted molar refractivity (Wildman–Crippen MR) is 110 cm³/mol. The maximum atomic E-state index is 12.8. The van der Waals surface area contributed by atoms with Crippen molar-refractivity contribution in [3.63, 3.8) is 0 Å². The fourth-order valence-electron chi connectivity index (χ4n) is 2.59. The number of likely N-dealkylation sites (N-methyl/N-ethyl adjacent to an activating group) is 1. The summed E-state index contributed by atoms with van der Waals surface area (Å²) < 4.78 is 0. The van der Waals surface area contributed by atoms with E-state index >= 15 is 0 Å². The minimum absolute atomic E-state index is 0.0242. The van der Waals surface area contributed by atoms with Crippen LogP contribution in [0, 0.1) is 0 Å². The smallest absolute Gasteiger partial charge is 0.307 e. The molecule has 0 aliphatic heterocycles. The van der Waals surface area contributed by atoms with Gasteiger partial charge in [-0.1, -0.05) is 63.6 Å². The third kappa shape index (κ3) is 7.82. The summed E-state index contributed by atoms with van der Waals surface area (Å²) in [5.41, 5.74) is 6.36. The molecule has 0 spiro atoms. The highest BCUT2D eigenvalue weighted by Gasteiger charge is 2.22. The van der Waals surface area contributed by atoms with E-state index in [2.05, 4.69) is 16.2 Å². The van der Waals surface area contributed by atoms with Crippen LogP contribution in [0.4, 0.5) is 0 Å². The second-order valence-electron chi connectivity index (χ2n) is 6.63. The van der Waals surface area contributed by atoms with Gasteiger partial charge < -0.3 is 5.32 Å². The van der Waals surface area contributed by atoms with E-state index in [1.165, 1.54) is 0 Å². The number of carbonyl (C=O) groups excluding carboxylic acids is 3. The third-order valence-corrected chi connectivity index (χ3v) is 4.15. The molecule has 0 heterocycles. The van der Waals surface area contributed by atoms with E-state index in [0.29, 0.717) is 18.5 Å². The van der Waals surface area contributed by atoms with Crippen molar-refractivity contribution < 1.29 is 14.4 Å². The van der Waals surface area contributed by atoms with Crippen LogP contribution in [0.15, 0.2) is 42.1 Å². The number of rotatable bonds is 9. The summed E-state index contributed by atoms with van der Waals surface area (Å²) in [6, 6.07) is 9.67. The van der Waals surface area contributed by atoms with Crippen LogP contribution in [0.3, 0.4) is 0 Å². The van der Waals surface area contributed by atoms with E-state index < -0.39 is 5.91 Å². The van der Waals surface area contributed by atoms with Crippen LogP contribution in [-0.2, 0) is 14.4 Å². The minimum Gasteiger partial charge on any atom is -0.384 e. The van der Waals surface area contributed by atoms with E-state index in [4.69, 9.17) is 0 Å². The Bertz CT molecular complexity index is 673. The average Bonchev–Trinajstić information content (AvgIpc) is 2.68. The summed E-state index contributed by atoms with van der Waals surface area (Å²) >= 11 is 0. The Morgan fingerprint density at radius 3 is 2.25 bits per heavy atom. The molecule has 1 aromatic carbocycles. The number of hydrogen-bond donors (Lipinski definition) is 3. The zero-order valence-corrected chi connectivity index (χ0v) is 17.2. The number of amides is 3. The molecule has 1 rings (SSSR count). The van der Waals surface area contributed by atoms with Gasteiger partial charge >= 0.3 is 5.91 Å². The molecule has 0 aliphatic rings. The topological polar surface area (TPSA) is 90.5 Å². The molecule has 3 N–H and O–H groups in total. The number of unbranched alkanes of at least 4 members (excludes halogenated alkanes) is 1. The van der Waals surface area contributed by atoms with Crippen molar-refractivity contribution in [2.75, 3.05) is 7.05 Å². The van der Waals surface area contributed by atoms with E-state index in [9.17, 15) is 14.4 Å². The molecule has 0 bridgehead atoms. The van der Waals surface area contributed by atoms with Gasteiger partial charge in [-0.3, -0.25) is 14.4 Å². The zero-order chi connectivity index (χ0) is 20.9. The molecule has 28 heavy (non-hydrogen) atoms. The lowest BCUT2D eigenvalue weighted by atomic mass is 9.98. The standard InChI is InChI=1S/C21H32N4O3/c1-5-7-14-18(22-4)21(28)25(23-19(26)11-6-2)24-20(27)15-16(3)17-12-9-8-10-13-17/h8-10,12-14,16,22H,5-7,11,15H2,1-4H3,(H,23,26)(H,24,27). The van der Waals surface area contributed by atoms with Gasteiger partial charge in [0.2, 0.25) is 11.8 Å². The molecule has 0 saturated carbocycles. The Labute approximate surface area is 167 Å². The second kappa shape index (κ2) is 12.5. The van der Waals surface area contributed by atoms with Gasteiger partial charge in [0.25, 0.3) is 0 Å². The summed E-state index contributed by atoms with van der Waals surface area (Å²) in [7, 11) is 1.63. The summed E-state index contributed by atoms with van der Waals surface area (Å²) in [5, 5.41) is 3.71. The van der Waals surface area contributed by atoms with Crippen molar-refractivity contribution >= 4 is 17.7 Å². The van der Waals surface area contributed by atoms with Crippen LogP contribution in [-0.4, -0.2) is 29.9 Å². The zero-order valence-electron chi connectivity index (χ0n) is 17.2. The Morgan fingerprint density at radius 2 is 1.68 bits per heavy atom. The van der Waals surface area contributed by atoms with E-state index in [-0.39, 0.29) is 30.6 Å². The molecule has 0 fully saturated rings. The third-order valence-electron chi connectivity index (χ3n) is 4.15. The first kappa shape index (κ1) is 23.2. The van der Waals surface area contributed by atoms with Gasteiger partial charge in [-0.05, 0) is 24.3 Å². The molecule has 3 amide bonds. The average molecular weight is 389 g/mol. The fourth-order valence-corrected chi connectivity index (χ4v) is 2.59. The first-order valence-corrected chi connectivity index (χ1v) is 9.79. The normalized spacial score (nSPS) is 12.1. The molecular weight excluding hydrogens is 356 g/mol. The molecule has 1 atom stereocenters.